The van der Waals surface area contributed by atoms with Crippen LogP contribution in [0.4, 0.5) is 0 Å². The molecule has 100 valence electrons. The predicted octanol–water partition coefficient (Wildman–Crippen LogP) is 4.47. The first kappa shape index (κ1) is 13.8. The van der Waals surface area contributed by atoms with E-state index in [-0.39, 0.29) is 5.78 Å². The molecule has 0 N–H and O–H groups in total. The summed E-state index contributed by atoms with van der Waals surface area (Å²) in [6, 6.07) is 9.96. The molecule has 1 aromatic rings. The summed E-state index contributed by atoms with van der Waals surface area (Å²) in [6.07, 6.45) is 6.50. The van der Waals surface area contributed by atoms with Gasteiger partial charge in [-0.3, -0.25) is 4.79 Å². The van der Waals surface area contributed by atoms with Crippen LogP contribution >= 0.6 is 0 Å². The highest BCUT2D eigenvalue weighted by atomic mass is 16.1. The van der Waals surface area contributed by atoms with Gasteiger partial charge in [-0.15, -0.1) is 0 Å². The van der Waals surface area contributed by atoms with Crippen LogP contribution in [0.15, 0.2) is 24.3 Å². The third-order valence-corrected chi connectivity index (χ3v) is 4.10. The Morgan fingerprint density at radius 2 is 1.74 bits per heavy atom. The molecule has 2 heteroatoms. The molecule has 19 heavy (non-hydrogen) atoms. The van der Waals surface area contributed by atoms with Gasteiger partial charge < -0.3 is 0 Å². The van der Waals surface area contributed by atoms with Crippen molar-refractivity contribution in [3.8, 4) is 6.07 Å². The molecule has 0 heterocycles. The molecule has 0 atom stereocenters. The zero-order valence-corrected chi connectivity index (χ0v) is 11.8. The van der Waals surface area contributed by atoms with Crippen LogP contribution < -0.4 is 0 Å². The monoisotopic (exact) mass is 255 g/mol. The van der Waals surface area contributed by atoms with E-state index >= 15 is 0 Å². The Morgan fingerprint density at radius 3 is 2.26 bits per heavy atom. The van der Waals surface area contributed by atoms with Gasteiger partial charge in [0.1, 0.15) is 5.41 Å². The van der Waals surface area contributed by atoms with Crippen LogP contribution in [0.5, 0.6) is 0 Å². The summed E-state index contributed by atoms with van der Waals surface area (Å²) >= 11 is 0. The molecule has 1 fully saturated rings. The molecule has 0 spiro atoms. The Morgan fingerprint density at radius 1 is 1.16 bits per heavy atom. The molecule has 2 nitrogen and oxygen atoms in total. The fourth-order valence-corrected chi connectivity index (χ4v) is 2.75. The van der Waals surface area contributed by atoms with Crippen molar-refractivity contribution in [1.29, 1.82) is 5.26 Å². The number of benzene rings is 1. The van der Waals surface area contributed by atoms with Crippen LogP contribution in [0.25, 0.3) is 0 Å². The average molecular weight is 255 g/mol. The summed E-state index contributed by atoms with van der Waals surface area (Å²) in [6.45, 7) is 3.34. The molecule has 1 saturated carbocycles. The van der Waals surface area contributed by atoms with Crippen molar-refractivity contribution in [2.75, 3.05) is 0 Å². The number of nitriles is 1. The van der Waals surface area contributed by atoms with E-state index < -0.39 is 5.41 Å². The molecule has 1 aliphatic carbocycles. The minimum absolute atomic E-state index is 0.0924. The lowest BCUT2D eigenvalue weighted by atomic mass is 9.82. The minimum Gasteiger partial charge on any atom is -0.292 e. The number of rotatable bonds is 3. The van der Waals surface area contributed by atoms with E-state index in [4.69, 9.17) is 5.26 Å². The highest BCUT2D eigenvalue weighted by Gasteiger charge is 2.28. The predicted molar refractivity (Wildman–Crippen MR) is 76.0 cm³/mol. The highest BCUT2D eigenvalue weighted by molar-refractivity contribution is 6.01. The fourth-order valence-electron chi connectivity index (χ4n) is 2.75. The minimum atomic E-state index is -0.938. The van der Waals surface area contributed by atoms with Crippen molar-refractivity contribution in [1.82, 2.24) is 0 Å². The molecule has 0 saturated heterocycles. The topological polar surface area (TPSA) is 40.9 Å². The summed E-state index contributed by atoms with van der Waals surface area (Å²) in [7, 11) is 0. The normalized spacial score (nSPS) is 16.9. The molecule has 0 aromatic heterocycles. The smallest absolute Gasteiger partial charge is 0.182 e. The van der Waals surface area contributed by atoms with Gasteiger partial charge in [0.25, 0.3) is 0 Å². The number of Topliss-reactive ketones (excluding diaryl/α,β-unsaturated/α-hetero) is 1. The summed E-state index contributed by atoms with van der Waals surface area (Å²) in [5, 5.41) is 9.01. The van der Waals surface area contributed by atoms with Crippen molar-refractivity contribution in [2.24, 2.45) is 5.41 Å². The van der Waals surface area contributed by atoms with Gasteiger partial charge in [-0.1, -0.05) is 43.5 Å². The lowest BCUT2D eigenvalue weighted by Gasteiger charge is -2.22. The molecule has 0 unspecified atom stereocenters. The molecule has 0 aliphatic heterocycles. The van der Waals surface area contributed by atoms with Crippen LogP contribution in [0.2, 0.25) is 0 Å². The first-order valence-electron chi connectivity index (χ1n) is 7.10. The number of hydrogen-bond acceptors (Lipinski definition) is 2. The van der Waals surface area contributed by atoms with E-state index in [0.717, 1.165) is 0 Å². The number of nitrogens with zero attached hydrogens (tertiary/aromatic N) is 1. The first-order valence-corrected chi connectivity index (χ1v) is 7.10. The molecule has 1 aromatic carbocycles. The maximum Gasteiger partial charge on any atom is 0.182 e. The van der Waals surface area contributed by atoms with Crippen molar-refractivity contribution in [2.45, 2.75) is 51.9 Å². The van der Waals surface area contributed by atoms with E-state index in [9.17, 15) is 4.79 Å². The maximum absolute atomic E-state index is 12.2. The molecule has 0 bridgehead atoms. The Labute approximate surface area is 115 Å². The number of hydrogen-bond donors (Lipinski definition) is 0. The lowest BCUT2D eigenvalue weighted by molar-refractivity contribution is 0.0892. The standard InChI is InChI=1S/C17H21NO/c1-17(2,12-18)16(19)15-10-8-14(9-11-15)13-6-4-3-5-7-13/h8-11,13H,3-7H2,1-2H3. The molecule has 1 aliphatic rings. The zero-order chi connectivity index (χ0) is 13.9. The second-order valence-electron chi connectivity index (χ2n) is 6.02. The summed E-state index contributed by atoms with van der Waals surface area (Å²) in [5.41, 5.74) is 1.05. The Hall–Kier alpha value is -1.62. The van der Waals surface area contributed by atoms with E-state index in [1.807, 2.05) is 12.1 Å². The number of ketones is 1. The Balaban J connectivity index is 2.14. The fraction of sp³-hybridized carbons (Fsp3) is 0.529. The highest BCUT2D eigenvalue weighted by Crippen LogP contribution is 2.33. The van der Waals surface area contributed by atoms with Crippen LogP contribution in [0.1, 0.15) is 67.8 Å². The van der Waals surface area contributed by atoms with Crippen molar-refractivity contribution >= 4 is 5.78 Å². The summed E-state index contributed by atoms with van der Waals surface area (Å²) < 4.78 is 0. The SMILES string of the molecule is CC(C)(C#N)C(=O)c1ccc(C2CCCCC2)cc1. The van der Waals surface area contributed by atoms with Gasteiger partial charge in [-0.05, 0) is 38.2 Å². The van der Waals surface area contributed by atoms with Gasteiger partial charge in [0.15, 0.2) is 5.78 Å². The Bertz CT molecular complexity index is 487. The average Bonchev–Trinajstić information content (AvgIpc) is 2.47. The van der Waals surface area contributed by atoms with E-state index in [2.05, 4.69) is 18.2 Å². The summed E-state index contributed by atoms with van der Waals surface area (Å²) in [4.78, 5) is 12.2. The largest absolute Gasteiger partial charge is 0.292 e. The van der Waals surface area contributed by atoms with E-state index in [1.54, 1.807) is 13.8 Å². The molecule has 0 radical (unpaired) electrons. The molecule has 0 amide bonds. The van der Waals surface area contributed by atoms with E-state index in [0.29, 0.717) is 11.5 Å². The van der Waals surface area contributed by atoms with Crippen molar-refractivity contribution < 1.29 is 4.79 Å². The van der Waals surface area contributed by atoms with Gasteiger partial charge in [-0.2, -0.15) is 5.26 Å². The van der Waals surface area contributed by atoms with Crippen LogP contribution in [-0.2, 0) is 0 Å². The van der Waals surface area contributed by atoms with Gasteiger partial charge in [0, 0.05) is 5.56 Å². The summed E-state index contributed by atoms with van der Waals surface area (Å²) in [5.74, 6) is 0.562. The van der Waals surface area contributed by atoms with Gasteiger partial charge in [0.05, 0.1) is 6.07 Å². The third-order valence-electron chi connectivity index (χ3n) is 4.10. The maximum atomic E-state index is 12.2. The van der Waals surface area contributed by atoms with Crippen molar-refractivity contribution in [3.63, 3.8) is 0 Å². The molecular weight excluding hydrogens is 234 g/mol. The van der Waals surface area contributed by atoms with Crippen molar-refractivity contribution in [3.05, 3.63) is 35.4 Å². The van der Waals surface area contributed by atoms with Gasteiger partial charge in [-0.25, -0.2) is 0 Å². The molecular formula is C17H21NO. The van der Waals surface area contributed by atoms with Gasteiger partial charge >= 0.3 is 0 Å². The molecule has 2 rings (SSSR count). The number of carbonyl (C=O) groups excluding carboxylic acids is 1. The zero-order valence-electron chi connectivity index (χ0n) is 11.8. The quantitative estimate of drug-likeness (QED) is 0.748. The van der Waals surface area contributed by atoms with E-state index in [1.165, 1.54) is 37.7 Å². The number of carbonyl (C=O) groups is 1. The van der Waals surface area contributed by atoms with Crippen LogP contribution in [0.3, 0.4) is 0 Å². The third kappa shape index (κ3) is 3.04. The van der Waals surface area contributed by atoms with Crippen LogP contribution in [0, 0.1) is 16.7 Å². The Kier molecular flexibility index (Phi) is 4.04. The lowest BCUT2D eigenvalue weighted by Crippen LogP contribution is -2.22. The van der Waals surface area contributed by atoms with Crippen LogP contribution in [-0.4, -0.2) is 5.78 Å². The van der Waals surface area contributed by atoms with Gasteiger partial charge in [0.2, 0.25) is 0 Å². The second-order valence-corrected chi connectivity index (χ2v) is 6.02. The second kappa shape index (κ2) is 5.57. The first-order chi connectivity index (χ1) is 9.04.